The normalized spacial score (nSPS) is 10.0. The zero-order valence-electron chi connectivity index (χ0n) is 9.05. The van der Waals surface area contributed by atoms with Gasteiger partial charge in [0.25, 0.3) is 0 Å². The predicted octanol–water partition coefficient (Wildman–Crippen LogP) is 1.68. The molecule has 3 N–H and O–H groups in total. The maximum absolute atomic E-state index is 5.42. The van der Waals surface area contributed by atoms with E-state index in [1.54, 1.807) is 7.11 Å². The topological polar surface area (TPSA) is 47.3 Å². The summed E-state index contributed by atoms with van der Waals surface area (Å²) in [4.78, 5) is 0. The third kappa shape index (κ3) is 2.39. The van der Waals surface area contributed by atoms with Gasteiger partial charge in [-0.15, -0.1) is 0 Å². The van der Waals surface area contributed by atoms with Crippen LogP contribution in [0.3, 0.4) is 0 Å². The molecule has 1 aromatic carbocycles. The molecular weight excluding hydrogens is 176 g/mol. The Morgan fingerprint density at radius 2 is 1.86 bits per heavy atom. The molecule has 0 saturated heterocycles. The van der Waals surface area contributed by atoms with Gasteiger partial charge in [0.15, 0.2) is 0 Å². The summed E-state index contributed by atoms with van der Waals surface area (Å²) in [6.45, 7) is 5.52. The molecular formula is C11H18N2O. The van der Waals surface area contributed by atoms with Crippen molar-refractivity contribution in [1.29, 1.82) is 0 Å². The molecule has 0 spiro atoms. The molecule has 0 aromatic heterocycles. The summed E-state index contributed by atoms with van der Waals surface area (Å²) in [6, 6.07) is 4.14. The number of hydrogen-bond acceptors (Lipinski definition) is 3. The molecule has 0 unspecified atom stereocenters. The van der Waals surface area contributed by atoms with Crippen molar-refractivity contribution >= 4 is 5.69 Å². The van der Waals surface area contributed by atoms with Gasteiger partial charge in [0.1, 0.15) is 5.75 Å². The Balaban J connectivity index is 2.90. The van der Waals surface area contributed by atoms with E-state index in [9.17, 15) is 0 Å². The van der Waals surface area contributed by atoms with Gasteiger partial charge >= 0.3 is 0 Å². The van der Waals surface area contributed by atoms with Gasteiger partial charge in [0.2, 0.25) is 0 Å². The quantitative estimate of drug-likeness (QED) is 0.766. The molecule has 0 atom stereocenters. The highest BCUT2D eigenvalue weighted by Gasteiger charge is 2.04. The van der Waals surface area contributed by atoms with Crippen LogP contribution in [-0.2, 0) is 0 Å². The molecule has 0 saturated carbocycles. The Hall–Kier alpha value is -1.22. The number of anilines is 1. The average molecular weight is 194 g/mol. The van der Waals surface area contributed by atoms with Gasteiger partial charge in [0, 0.05) is 18.8 Å². The average Bonchev–Trinajstić information content (AvgIpc) is 2.14. The first-order valence-electron chi connectivity index (χ1n) is 4.78. The van der Waals surface area contributed by atoms with E-state index in [1.165, 1.54) is 0 Å². The van der Waals surface area contributed by atoms with Crippen molar-refractivity contribution in [2.45, 2.75) is 13.8 Å². The number of aryl methyl sites for hydroxylation is 2. The van der Waals surface area contributed by atoms with E-state index in [0.29, 0.717) is 6.54 Å². The lowest BCUT2D eigenvalue weighted by molar-refractivity contribution is 0.408. The predicted molar refractivity (Wildman–Crippen MR) is 60.0 cm³/mol. The summed E-state index contributed by atoms with van der Waals surface area (Å²) >= 11 is 0. The largest absolute Gasteiger partial charge is 0.496 e. The minimum atomic E-state index is 0.643. The van der Waals surface area contributed by atoms with Crippen molar-refractivity contribution in [3.63, 3.8) is 0 Å². The molecule has 0 fully saturated rings. The Kier molecular flexibility index (Phi) is 3.77. The number of methoxy groups -OCH3 is 1. The molecule has 0 aliphatic rings. The first-order valence-corrected chi connectivity index (χ1v) is 4.78. The maximum Gasteiger partial charge on any atom is 0.124 e. The van der Waals surface area contributed by atoms with Crippen LogP contribution in [0.5, 0.6) is 5.75 Å². The van der Waals surface area contributed by atoms with Gasteiger partial charge in [0.05, 0.1) is 7.11 Å². The number of nitrogens with two attached hydrogens (primary N) is 1. The molecule has 78 valence electrons. The van der Waals surface area contributed by atoms with Crippen LogP contribution < -0.4 is 15.8 Å². The van der Waals surface area contributed by atoms with Crippen LogP contribution in [-0.4, -0.2) is 20.2 Å². The van der Waals surface area contributed by atoms with E-state index in [1.807, 2.05) is 13.8 Å². The number of ether oxygens (including phenoxy) is 1. The van der Waals surface area contributed by atoms with E-state index < -0.39 is 0 Å². The van der Waals surface area contributed by atoms with E-state index in [4.69, 9.17) is 10.5 Å². The minimum absolute atomic E-state index is 0.643. The number of nitrogens with one attached hydrogen (secondary N) is 1. The van der Waals surface area contributed by atoms with Crippen LogP contribution in [0.4, 0.5) is 5.69 Å². The second kappa shape index (κ2) is 4.86. The maximum atomic E-state index is 5.42. The van der Waals surface area contributed by atoms with Crippen molar-refractivity contribution in [3.05, 3.63) is 23.3 Å². The van der Waals surface area contributed by atoms with Gasteiger partial charge < -0.3 is 15.8 Å². The summed E-state index contributed by atoms with van der Waals surface area (Å²) in [7, 11) is 1.70. The molecule has 0 amide bonds. The van der Waals surface area contributed by atoms with Crippen molar-refractivity contribution in [3.8, 4) is 5.75 Å². The fourth-order valence-electron chi connectivity index (χ4n) is 1.59. The van der Waals surface area contributed by atoms with Crippen molar-refractivity contribution < 1.29 is 4.74 Å². The van der Waals surface area contributed by atoms with Crippen LogP contribution in [0.15, 0.2) is 12.1 Å². The highest BCUT2D eigenvalue weighted by atomic mass is 16.5. The summed E-state index contributed by atoms with van der Waals surface area (Å²) in [6.07, 6.45) is 0. The molecule has 0 aliphatic heterocycles. The Morgan fingerprint density at radius 1 is 1.29 bits per heavy atom. The lowest BCUT2D eigenvalue weighted by Gasteiger charge is -2.12. The molecule has 1 aromatic rings. The molecule has 0 bridgehead atoms. The van der Waals surface area contributed by atoms with E-state index in [-0.39, 0.29) is 0 Å². The molecule has 3 heteroatoms. The van der Waals surface area contributed by atoms with Gasteiger partial charge in [-0.3, -0.25) is 0 Å². The van der Waals surface area contributed by atoms with E-state index in [0.717, 1.165) is 29.1 Å². The molecule has 0 aliphatic carbocycles. The second-order valence-corrected chi connectivity index (χ2v) is 3.36. The molecule has 14 heavy (non-hydrogen) atoms. The van der Waals surface area contributed by atoms with E-state index in [2.05, 4.69) is 17.4 Å². The summed E-state index contributed by atoms with van der Waals surface area (Å²) < 4.78 is 5.28. The summed E-state index contributed by atoms with van der Waals surface area (Å²) in [5, 5.41) is 3.25. The smallest absolute Gasteiger partial charge is 0.124 e. The lowest BCUT2D eigenvalue weighted by atomic mass is 10.1. The highest BCUT2D eigenvalue weighted by molar-refractivity contribution is 5.55. The van der Waals surface area contributed by atoms with E-state index >= 15 is 0 Å². The molecule has 0 radical (unpaired) electrons. The first kappa shape index (κ1) is 10.9. The first-order chi connectivity index (χ1) is 6.69. The van der Waals surface area contributed by atoms with Gasteiger partial charge in [-0.25, -0.2) is 0 Å². The summed E-state index contributed by atoms with van der Waals surface area (Å²) in [5.74, 6) is 0.961. The van der Waals surface area contributed by atoms with Crippen molar-refractivity contribution in [1.82, 2.24) is 0 Å². The number of hydrogen-bond donors (Lipinski definition) is 2. The van der Waals surface area contributed by atoms with Crippen LogP contribution in [0, 0.1) is 13.8 Å². The second-order valence-electron chi connectivity index (χ2n) is 3.36. The summed E-state index contributed by atoms with van der Waals surface area (Å²) in [5.41, 5.74) is 8.82. The van der Waals surface area contributed by atoms with Crippen LogP contribution in [0.1, 0.15) is 11.1 Å². The van der Waals surface area contributed by atoms with Gasteiger partial charge in [-0.1, -0.05) is 0 Å². The standard InChI is InChI=1S/C11H18N2O/c1-8-6-10(13-5-4-12)7-9(2)11(8)14-3/h6-7,13H,4-5,12H2,1-3H3. The lowest BCUT2D eigenvalue weighted by Crippen LogP contribution is -2.13. The molecule has 1 rings (SSSR count). The van der Waals surface area contributed by atoms with Crippen LogP contribution in [0.2, 0.25) is 0 Å². The Bertz CT molecular complexity index is 287. The zero-order valence-corrected chi connectivity index (χ0v) is 9.05. The SMILES string of the molecule is COc1c(C)cc(NCCN)cc1C. The van der Waals surface area contributed by atoms with Crippen molar-refractivity contribution in [2.75, 3.05) is 25.5 Å². The van der Waals surface area contributed by atoms with Gasteiger partial charge in [-0.05, 0) is 37.1 Å². The van der Waals surface area contributed by atoms with Crippen LogP contribution >= 0.6 is 0 Å². The Labute approximate surface area is 85.3 Å². The molecule has 0 heterocycles. The zero-order chi connectivity index (χ0) is 10.6. The monoisotopic (exact) mass is 194 g/mol. The minimum Gasteiger partial charge on any atom is -0.496 e. The fraction of sp³-hybridized carbons (Fsp3) is 0.455. The highest BCUT2D eigenvalue weighted by Crippen LogP contribution is 2.26. The number of rotatable bonds is 4. The van der Waals surface area contributed by atoms with Crippen molar-refractivity contribution in [2.24, 2.45) is 5.73 Å². The molecule has 3 nitrogen and oxygen atoms in total. The van der Waals surface area contributed by atoms with Gasteiger partial charge in [-0.2, -0.15) is 0 Å². The fourth-order valence-corrected chi connectivity index (χ4v) is 1.59. The third-order valence-corrected chi connectivity index (χ3v) is 2.14. The Morgan fingerprint density at radius 3 is 2.29 bits per heavy atom. The van der Waals surface area contributed by atoms with Crippen LogP contribution in [0.25, 0.3) is 0 Å². The third-order valence-electron chi connectivity index (χ3n) is 2.14. The number of benzene rings is 1.